The highest BCUT2D eigenvalue weighted by Crippen LogP contribution is 2.28. The van der Waals surface area contributed by atoms with Crippen LogP contribution >= 0.6 is 11.6 Å². The van der Waals surface area contributed by atoms with Crippen molar-refractivity contribution in [2.24, 2.45) is 0 Å². The first-order chi connectivity index (χ1) is 17.7. The molecule has 7 nitrogen and oxygen atoms in total. The summed E-state index contributed by atoms with van der Waals surface area (Å²) >= 11 is 6.27. The van der Waals surface area contributed by atoms with Crippen molar-refractivity contribution in [3.8, 4) is 17.0 Å². The van der Waals surface area contributed by atoms with Gasteiger partial charge in [0, 0.05) is 42.4 Å². The highest BCUT2D eigenvalue weighted by Gasteiger charge is 2.19. The molecule has 37 heavy (non-hydrogen) atoms. The molecule has 0 bridgehead atoms. The average Bonchev–Trinajstić information content (AvgIpc) is 3.29. The van der Waals surface area contributed by atoms with Crippen molar-refractivity contribution < 1.29 is 24.1 Å². The number of halogens is 2. The zero-order chi connectivity index (χ0) is 27.1. The van der Waals surface area contributed by atoms with Crippen LogP contribution in [0.5, 0.6) is 5.75 Å². The molecule has 0 aliphatic rings. The van der Waals surface area contributed by atoms with E-state index in [2.05, 4.69) is 10.3 Å². The summed E-state index contributed by atoms with van der Waals surface area (Å²) in [6.45, 7) is 8.10. The first kappa shape index (κ1) is 28.6. The Morgan fingerprint density at radius 1 is 1.19 bits per heavy atom. The van der Waals surface area contributed by atoms with Crippen LogP contribution < -0.4 is 10.1 Å². The smallest absolute Gasteiger partial charge is 0.251 e. The molecule has 9 heteroatoms. The maximum absolute atomic E-state index is 15.1. The van der Waals surface area contributed by atoms with Gasteiger partial charge in [-0.05, 0) is 69.5 Å². The molecule has 3 N–H and O–H groups in total. The summed E-state index contributed by atoms with van der Waals surface area (Å²) in [6, 6.07) is 9.31. The summed E-state index contributed by atoms with van der Waals surface area (Å²) in [7, 11) is 0. The maximum atomic E-state index is 15.1. The minimum absolute atomic E-state index is 0.0437. The van der Waals surface area contributed by atoms with Gasteiger partial charge < -0.3 is 24.8 Å². The van der Waals surface area contributed by atoms with Gasteiger partial charge in [0.25, 0.3) is 5.91 Å². The third kappa shape index (κ3) is 7.31. The molecule has 0 spiro atoms. The van der Waals surface area contributed by atoms with Gasteiger partial charge in [0.15, 0.2) is 0 Å². The van der Waals surface area contributed by atoms with Gasteiger partial charge in [-0.3, -0.25) is 4.79 Å². The number of aliphatic hydroxyl groups excluding tert-OH is 2. The minimum atomic E-state index is -0.428. The number of aromatic nitrogens is 2. The molecule has 0 saturated heterocycles. The second kappa shape index (κ2) is 13.0. The van der Waals surface area contributed by atoms with Crippen molar-refractivity contribution >= 4 is 17.5 Å². The molecule has 3 rings (SSSR count). The number of benzene rings is 2. The minimum Gasteiger partial charge on any atom is -0.489 e. The fourth-order valence-corrected chi connectivity index (χ4v) is 4.33. The number of rotatable bonds is 12. The first-order valence-corrected chi connectivity index (χ1v) is 12.9. The zero-order valence-electron chi connectivity index (χ0n) is 21.7. The van der Waals surface area contributed by atoms with Crippen LogP contribution in [0.4, 0.5) is 4.39 Å². The molecule has 200 valence electrons. The molecular formula is C28H35ClFN3O4. The Morgan fingerprint density at radius 2 is 1.95 bits per heavy atom. The van der Waals surface area contributed by atoms with E-state index < -0.39 is 11.9 Å². The normalized spacial score (nSPS) is 13.0. The number of nitrogens with one attached hydrogen (secondary N) is 1. The number of nitrogens with zero attached hydrogens (tertiary/aromatic N) is 2. The fourth-order valence-electron chi connectivity index (χ4n) is 4.11. The molecule has 0 aliphatic heterocycles. The lowest BCUT2D eigenvalue weighted by atomic mass is 10.0. The first-order valence-electron chi connectivity index (χ1n) is 12.5. The van der Waals surface area contributed by atoms with E-state index in [-0.39, 0.29) is 31.1 Å². The molecular weight excluding hydrogens is 497 g/mol. The SMILES string of the molecule is CCn1cc(-c2ccc(CC(CCO)NC(=O)c3ccc(OC(C)C)c(Cl)c3)cc2F)nc1C(C)CO. The third-order valence-corrected chi connectivity index (χ3v) is 6.32. The van der Waals surface area contributed by atoms with E-state index in [4.69, 9.17) is 16.3 Å². The summed E-state index contributed by atoms with van der Waals surface area (Å²) in [5.41, 5.74) is 1.91. The Balaban J connectivity index is 1.75. The highest BCUT2D eigenvalue weighted by molar-refractivity contribution is 6.32. The van der Waals surface area contributed by atoms with Crippen molar-refractivity contribution in [1.82, 2.24) is 14.9 Å². The molecule has 3 aromatic rings. The molecule has 1 heterocycles. The van der Waals surface area contributed by atoms with Gasteiger partial charge in [-0.15, -0.1) is 0 Å². The van der Waals surface area contributed by atoms with Gasteiger partial charge in [0.1, 0.15) is 17.4 Å². The lowest BCUT2D eigenvalue weighted by Gasteiger charge is -2.19. The van der Waals surface area contributed by atoms with Crippen molar-refractivity contribution in [3.05, 3.63) is 70.4 Å². The standard InChI is InChI=1S/C28H35ClFN3O4/c1-5-33-15-25(32-27(33)18(4)16-35)22-8-6-19(13-24(22)30)12-21(10-11-34)31-28(36)20-7-9-26(23(29)14-20)37-17(2)3/h6-9,13-15,17-18,21,34-35H,5,10-12,16H2,1-4H3,(H,31,36). The monoisotopic (exact) mass is 531 g/mol. The predicted octanol–water partition coefficient (Wildman–Crippen LogP) is 4.97. The van der Waals surface area contributed by atoms with Crippen LogP contribution in [0.3, 0.4) is 0 Å². The van der Waals surface area contributed by atoms with Gasteiger partial charge in [-0.2, -0.15) is 0 Å². The van der Waals surface area contributed by atoms with E-state index in [1.165, 1.54) is 6.07 Å². The van der Waals surface area contributed by atoms with Gasteiger partial charge in [0.05, 0.1) is 23.4 Å². The largest absolute Gasteiger partial charge is 0.489 e. The Labute approximate surface area is 222 Å². The lowest BCUT2D eigenvalue weighted by molar-refractivity contribution is 0.0930. The second-order valence-electron chi connectivity index (χ2n) is 9.37. The summed E-state index contributed by atoms with van der Waals surface area (Å²) < 4.78 is 22.7. The number of ether oxygens (including phenoxy) is 1. The Morgan fingerprint density at radius 3 is 2.54 bits per heavy atom. The zero-order valence-corrected chi connectivity index (χ0v) is 22.4. The van der Waals surface area contributed by atoms with Crippen LogP contribution in [0.1, 0.15) is 61.8 Å². The molecule has 0 radical (unpaired) electrons. The van der Waals surface area contributed by atoms with E-state index in [1.807, 2.05) is 32.3 Å². The Kier molecular flexibility index (Phi) is 10.1. The molecule has 1 amide bonds. The molecule has 2 aromatic carbocycles. The number of carbonyl (C=O) groups excluding carboxylic acids is 1. The van der Waals surface area contributed by atoms with Crippen LogP contribution in [0.25, 0.3) is 11.3 Å². The highest BCUT2D eigenvalue weighted by atomic mass is 35.5. The summed E-state index contributed by atoms with van der Waals surface area (Å²) in [4.78, 5) is 17.4. The van der Waals surface area contributed by atoms with Gasteiger partial charge in [-0.1, -0.05) is 24.6 Å². The number of imidazole rings is 1. The number of hydrogen-bond donors (Lipinski definition) is 3. The molecule has 2 unspecified atom stereocenters. The number of aliphatic hydroxyl groups is 2. The quantitative estimate of drug-likeness (QED) is 0.307. The van der Waals surface area contributed by atoms with Crippen LogP contribution in [0, 0.1) is 5.82 Å². The Bertz CT molecular complexity index is 1210. The molecule has 0 saturated carbocycles. The third-order valence-electron chi connectivity index (χ3n) is 6.02. The average molecular weight is 532 g/mol. The van der Waals surface area contributed by atoms with Gasteiger partial charge in [0.2, 0.25) is 0 Å². The molecule has 0 fully saturated rings. The predicted molar refractivity (Wildman–Crippen MR) is 143 cm³/mol. The fraction of sp³-hybridized carbons (Fsp3) is 0.429. The topological polar surface area (TPSA) is 96.6 Å². The second-order valence-corrected chi connectivity index (χ2v) is 9.77. The molecule has 1 aromatic heterocycles. The van der Waals surface area contributed by atoms with Crippen LogP contribution in [-0.2, 0) is 13.0 Å². The lowest BCUT2D eigenvalue weighted by Crippen LogP contribution is -2.37. The Hall–Kier alpha value is -2.94. The van der Waals surface area contributed by atoms with Crippen LogP contribution in [0.15, 0.2) is 42.6 Å². The number of hydrogen-bond acceptors (Lipinski definition) is 5. The summed E-state index contributed by atoms with van der Waals surface area (Å²) in [5.74, 6) is 0.274. The van der Waals surface area contributed by atoms with E-state index in [0.717, 1.165) is 0 Å². The number of carbonyl (C=O) groups is 1. The van der Waals surface area contributed by atoms with E-state index in [1.54, 1.807) is 36.5 Å². The number of amides is 1. The van der Waals surface area contributed by atoms with E-state index in [9.17, 15) is 15.0 Å². The van der Waals surface area contributed by atoms with Crippen molar-refractivity contribution in [1.29, 1.82) is 0 Å². The maximum Gasteiger partial charge on any atom is 0.251 e. The molecule has 0 aliphatic carbocycles. The summed E-state index contributed by atoms with van der Waals surface area (Å²) in [6.07, 6.45) is 2.38. The van der Waals surface area contributed by atoms with Gasteiger partial charge >= 0.3 is 0 Å². The number of aryl methyl sites for hydroxylation is 1. The van der Waals surface area contributed by atoms with Gasteiger partial charge in [-0.25, -0.2) is 9.37 Å². The van der Waals surface area contributed by atoms with E-state index in [0.29, 0.717) is 58.4 Å². The van der Waals surface area contributed by atoms with Crippen molar-refractivity contribution in [2.45, 2.75) is 65.1 Å². The van der Waals surface area contributed by atoms with Crippen molar-refractivity contribution in [3.63, 3.8) is 0 Å². The van der Waals surface area contributed by atoms with Crippen molar-refractivity contribution in [2.75, 3.05) is 13.2 Å². The summed E-state index contributed by atoms with van der Waals surface area (Å²) in [5, 5.41) is 22.3. The van der Waals surface area contributed by atoms with Crippen LogP contribution in [-0.4, -0.2) is 51.0 Å². The molecule has 2 atom stereocenters. The van der Waals surface area contributed by atoms with E-state index >= 15 is 4.39 Å². The van der Waals surface area contributed by atoms with Crippen LogP contribution in [0.2, 0.25) is 5.02 Å².